The second-order valence-electron chi connectivity index (χ2n) is 0. The Morgan fingerprint density at radius 2 is 1.25 bits per heavy atom. The van der Waals surface area contributed by atoms with Gasteiger partial charge in [-0.05, 0) is 0 Å². The smallest absolute Gasteiger partial charge is 0 e. The molecule has 0 aliphatic carbocycles. The Morgan fingerprint density at radius 1 is 1.25 bits per heavy atom. The first-order valence-electron chi connectivity index (χ1n) is 0.167. The van der Waals surface area contributed by atoms with E-state index in [1.807, 2.05) is 0 Å². The van der Waals surface area contributed by atoms with E-state index in [2.05, 4.69) is 0 Å². The van der Waals surface area contributed by atoms with Crippen LogP contribution in [0.25, 0.3) is 0 Å². The van der Waals surface area contributed by atoms with E-state index < -0.39 is 0 Å². The summed E-state index contributed by atoms with van der Waals surface area (Å²) in [5.74, 6) is 0. The zero-order valence-corrected chi connectivity index (χ0v) is 7.25. The monoisotopic (exact) mass is 339 g/mol. The molecule has 0 aromatic carbocycles. The topological polar surface area (TPSA) is 48.6 Å². The number of hydrogen-bond donors (Lipinski definition) is 0. The Morgan fingerprint density at radius 3 is 1.25 bits per heavy atom. The van der Waals surface area contributed by atoms with Crippen LogP contribution in [-0.2, 0) is 23.2 Å². The van der Waals surface area contributed by atoms with Crippen molar-refractivity contribution in [1.29, 1.82) is 0 Å². The quantitative estimate of drug-likeness (QED) is 0.505. The minimum absolute atomic E-state index is 0. The van der Waals surface area contributed by atoms with Crippen LogP contribution in [0, 0.1) is 0 Å². The minimum atomic E-state index is 0. The normalized spacial score (nSPS) is 1.00. The summed E-state index contributed by atoms with van der Waals surface area (Å²) < 4.78 is 8.33. The summed E-state index contributed by atoms with van der Waals surface area (Å²) in [7, 11) is 0. The second-order valence-corrected chi connectivity index (χ2v) is 0. The molecule has 0 bridgehead atoms. The van der Waals surface area contributed by atoms with E-state index in [1.54, 1.807) is 0 Å². The zero-order chi connectivity index (χ0) is 2.00. The molecule has 4 heavy (non-hydrogen) atoms. The van der Waals surface area contributed by atoms with Gasteiger partial charge in [-0.1, -0.05) is 0 Å². The molecule has 3 radical (unpaired) electrons. The van der Waals surface area contributed by atoms with E-state index in [0.29, 0.717) is 19.8 Å². The van der Waals surface area contributed by atoms with Crippen LogP contribution in [0.5, 0.6) is 0 Å². The molecule has 0 aliphatic heterocycles. The van der Waals surface area contributed by atoms with Crippen molar-refractivity contribution in [3.05, 3.63) is 0 Å². The van der Waals surface area contributed by atoms with Gasteiger partial charge in [-0.15, -0.1) is 0 Å². The van der Waals surface area contributed by atoms with Gasteiger partial charge in [-0.2, -0.15) is 0 Å². The molecule has 0 rings (SSSR count). The Hall–Kier alpha value is 1.27. The molecule has 0 saturated carbocycles. The molecular formula is H2O2SbW. The largest absolute Gasteiger partial charge is 0 e. The van der Waals surface area contributed by atoms with Crippen LogP contribution in [0.3, 0.4) is 0 Å². The fraction of sp³-hybridized carbons (Fsp3) is 0. The predicted octanol–water partition coefficient (Wildman–Crippen LogP) is -1.33. The molecule has 4 heteroatoms. The summed E-state index contributed by atoms with van der Waals surface area (Å²) in [5, 5.41) is 0. The van der Waals surface area contributed by atoms with E-state index >= 15 is 0 Å². The third-order valence-corrected chi connectivity index (χ3v) is 0. The molecule has 0 atom stereocenters. The standard InChI is InChI=1S/H2O.O.Sb.W/h1H2;;;. The molecule has 0 unspecified atom stereocenters. The van der Waals surface area contributed by atoms with Crippen molar-refractivity contribution in [1.82, 2.24) is 0 Å². The summed E-state index contributed by atoms with van der Waals surface area (Å²) in [5.41, 5.74) is 0. The summed E-state index contributed by atoms with van der Waals surface area (Å²) in [6.07, 6.45) is 0. The third-order valence-electron chi connectivity index (χ3n) is 0. The molecular weight excluding hydrogens is 338 g/mol. The van der Waals surface area contributed by atoms with Gasteiger partial charge < -0.3 is 5.48 Å². The van der Waals surface area contributed by atoms with E-state index in [0.717, 1.165) is 0 Å². The van der Waals surface area contributed by atoms with Crippen LogP contribution in [0.15, 0.2) is 0 Å². The van der Waals surface area contributed by atoms with Crippen LogP contribution >= 0.6 is 0 Å². The Kier molecular flexibility index (Phi) is 132. The maximum atomic E-state index is 8.33. The van der Waals surface area contributed by atoms with Crippen LogP contribution < -0.4 is 0 Å². The fourth-order valence-electron chi connectivity index (χ4n) is 0. The zero-order valence-electron chi connectivity index (χ0n) is 1.76. The van der Waals surface area contributed by atoms with Gasteiger partial charge in [0, 0.05) is 24.4 Å². The van der Waals surface area contributed by atoms with Crippen molar-refractivity contribution < 1.29 is 28.7 Å². The first-order chi connectivity index (χ1) is 1.00. The Labute approximate surface area is 52.9 Å². The van der Waals surface area contributed by atoms with Gasteiger partial charge in [0.05, 0.1) is 0 Å². The van der Waals surface area contributed by atoms with Crippen molar-refractivity contribution in [2.45, 2.75) is 0 Å². The summed E-state index contributed by atoms with van der Waals surface area (Å²) in [6, 6.07) is 0. The second kappa shape index (κ2) is 28.4. The molecule has 0 saturated heterocycles. The van der Waals surface area contributed by atoms with Crippen molar-refractivity contribution in [3.8, 4) is 0 Å². The van der Waals surface area contributed by atoms with Crippen LogP contribution in [0.1, 0.15) is 0 Å². The molecule has 25 valence electrons. The third kappa shape index (κ3) is 10.5. The van der Waals surface area contributed by atoms with Crippen molar-refractivity contribution in [2.24, 2.45) is 0 Å². The number of hydrogen-bond acceptors (Lipinski definition) is 1. The van der Waals surface area contributed by atoms with Gasteiger partial charge in [0.1, 0.15) is 0 Å². The molecule has 2 N–H and O–H groups in total. The maximum Gasteiger partial charge on any atom is 0 e. The average Bonchev–Trinajstić information content (AvgIpc) is 1.00. The number of rotatable bonds is 0. The summed E-state index contributed by atoms with van der Waals surface area (Å²) >= 11 is 0.333. The molecule has 0 spiro atoms. The molecule has 2 nitrogen and oxygen atoms in total. The molecule has 0 aromatic rings. The molecule has 0 aliphatic rings. The summed E-state index contributed by atoms with van der Waals surface area (Å²) in [6.45, 7) is 0. The molecule has 0 heterocycles. The van der Waals surface area contributed by atoms with E-state index in [4.69, 9.17) is 3.40 Å². The first-order valence-corrected chi connectivity index (χ1v) is 1.36. The fourth-order valence-corrected chi connectivity index (χ4v) is 0. The van der Waals surface area contributed by atoms with E-state index in [1.165, 1.54) is 0 Å². The van der Waals surface area contributed by atoms with Crippen LogP contribution in [0.2, 0.25) is 0 Å². The van der Waals surface area contributed by atoms with Crippen LogP contribution in [-0.4, -0.2) is 29.9 Å². The van der Waals surface area contributed by atoms with Crippen LogP contribution in [0.4, 0.5) is 0 Å². The molecule has 0 aromatic heterocycles. The van der Waals surface area contributed by atoms with Gasteiger partial charge in [-0.25, -0.2) is 0 Å². The minimum Gasteiger partial charge on any atom is 0 e. The van der Waals surface area contributed by atoms with Gasteiger partial charge in [0.2, 0.25) is 0 Å². The van der Waals surface area contributed by atoms with Gasteiger partial charge in [-0.3, -0.25) is 0 Å². The predicted molar refractivity (Wildman–Crippen MR) is 10.1 cm³/mol. The van der Waals surface area contributed by atoms with E-state index in [-0.39, 0.29) is 29.9 Å². The maximum absolute atomic E-state index is 8.33. The van der Waals surface area contributed by atoms with Crippen molar-refractivity contribution in [2.75, 3.05) is 0 Å². The molecule has 0 fully saturated rings. The van der Waals surface area contributed by atoms with Crippen molar-refractivity contribution >= 4 is 24.4 Å². The average molecular weight is 340 g/mol. The van der Waals surface area contributed by atoms with Gasteiger partial charge in [0.25, 0.3) is 0 Å². The SMILES string of the molecule is O.[O]=[W].[Sb]. The van der Waals surface area contributed by atoms with Gasteiger partial charge in [0.15, 0.2) is 0 Å². The van der Waals surface area contributed by atoms with Gasteiger partial charge >= 0.3 is 23.2 Å². The Balaban J connectivity index is -0.00000000500. The van der Waals surface area contributed by atoms with E-state index in [9.17, 15) is 0 Å². The molecule has 0 amide bonds. The summed E-state index contributed by atoms with van der Waals surface area (Å²) in [4.78, 5) is 0. The Bertz CT molecular complexity index is 6.00. The van der Waals surface area contributed by atoms with Crippen molar-refractivity contribution in [3.63, 3.8) is 0 Å². The first kappa shape index (κ1) is 18.7.